The van der Waals surface area contributed by atoms with Crippen molar-refractivity contribution in [3.8, 4) is 0 Å². The number of nitrogens with one attached hydrogen (secondary N) is 2. The Morgan fingerprint density at radius 2 is 1.52 bits per heavy atom. The fraction of sp³-hybridized carbons (Fsp3) is 0.133. The molecule has 0 radical (unpaired) electrons. The van der Waals surface area contributed by atoms with Crippen molar-refractivity contribution in [2.75, 3.05) is 17.2 Å². The summed E-state index contributed by atoms with van der Waals surface area (Å²) in [7, 11) is 0. The lowest BCUT2D eigenvalue weighted by atomic mass is 10.3. The number of para-hydroxylation sites is 2. The van der Waals surface area contributed by atoms with Gasteiger partial charge in [0.1, 0.15) is 0 Å². The van der Waals surface area contributed by atoms with Crippen molar-refractivity contribution in [2.24, 2.45) is 0 Å². The molecule has 0 saturated carbocycles. The Bertz CT molecular complexity index is 626. The van der Waals surface area contributed by atoms with Crippen molar-refractivity contribution in [3.63, 3.8) is 0 Å². The molecule has 110 valence electrons. The van der Waals surface area contributed by atoms with E-state index in [9.17, 15) is 4.79 Å². The predicted molar refractivity (Wildman–Crippen MR) is 89.7 cm³/mol. The molecule has 0 unspecified atom stereocenters. The van der Waals surface area contributed by atoms with E-state index < -0.39 is 0 Å². The summed E-state index contributed by atoms with van der Waals surface area (Å²) < 4.78 is 0. The second kappa shape index (κ2) is 7.55. The number of halogens is 3. The largest absolute Gasteiger partial charge is 0.382 e. The number of anilines is 2. The van der Waals surface area contributed by atoms with Crippen molar-refractivity contribution in [1.29, 1.82) is 0 Å². The van der Waals surface area contributed by atoms with Gasteiger partial charge in [-0.25, -0.2) is 0 Å². The van der Waals surface area contributed by atoms with E-state index in [1.54, 1.807) is 36.4 Å². The van der Waals surface area contributed by atoms with Crippen molar-refractivity contribution >= 4 is 52.1 Å². The highest BCUT2D eigenvalue weighted by Crippen LogP contribution is 2.29. The van der Waals surface area contributed by atoms with E-state index in [2.05, 4.69) is 10.6 Å². The van der Waals surface area contributed by atoms with Crippen LogP contribution < -0.4 is 10.6 Å². The third kappa shape index (κ3) is 4.53. The molecule has 2 aromatic carbocycles. The van der Waals surface area contributed by atoms with E-state index >= 15 is 0 Å². The van der Waals surface area contributed by atoms with Gasteiger partial charge in [0.15, 0.2) is 0 Å². The lowest BCUT2D eigenvalue weighted by Gasteiger charge is -2.11. The molecule has 2 rings (SSSR count). The van der Waals surface area contributed by atoms with Crippen LogP contribution in [-0.4, -0.2) is 12.5 Å². The SMILES string of the molecule is O=C(CCNc1c(Cl)cccc1Cl)Nc1ccccc1Cl. The lowest BCUT2D eigenvalue weighted by molar-refractivity contribution is -0.115. The Labute approximate surface area is 138 Å². The van der Waals surface area contributed by atoms with Gasteiger partial charge >= 0.3 is 0 Å². The second-order valence-electron chi connectivity index (χ2n) is 4.30. The molecule has 0 saturated heterocycles. The number of benzene rings is 2. The monoisotopic (exact) mass is 342 g/mol. The third-order valence-corrected chi connectivity index (χ3v) is 3.72. The average Bonchev–Trinajstić information content (AvgIpc) is 2.45. The van der Waals surface area contributed by atoms with Gasteiger partial charge in [-0.1, -0.05) is 53.0 Å². The summed E-state index contributed by atoms with van der Waals surface area (Å²) in [6.07, 6.45) is 0.271. The molecule has 0 spiro atoms. The molecular formula is C15H13Cl3N2O. The number of amides is 1. The maximum absolute atomic E-state index is 11.8. The number of rotatable bonds is 5. The molecule has 6 heteroatoms. The second-order valence-corrected chi connectivity index (χ2v) is 5.52. The zero-order chi connectivity index (χ0) is 15.2. The van der Waals surface area contributed by atoms with E-state index in [4.69, 9.17) is 34.8 Å². The van der Waals surface area contributed by atoms with Gasteiger partial charge in [0.05, 0.1) is 26.4 Å². The molecule has 2 aromatic rings. The number of hydrogen-bond donors (Lipinski definition) is 2. The minimum absolute atomic E-state index is 0.140. The fourth-order valence-electron chi connectivity index (χ4n) is 1.74. The molecule has 0 aliphatic rings. The Hall–Kier alpha value is -1.42. The minimum Gasteiger partial charge on any atom is -0.382 e. The van der Waals surface area contributed by atoms with Crippen LogP contribution in [-0.2, 0) is 4.79 Å². The van der Waals surface area contributed by atoms with E-state index in [0.717, 1.165) is 0 Å². The van der Waals surface area contributed by atoms with Crippen LogP contribution in [0.5, 0.6) is 0 Å². The number of carbonyl (C=O) groups is 1. The van der Waals surface area contributed by atoms with Crippen LogP contribution in [0.25, 0.3) is 0 Å². The molecular weight excluding hydrogens is 331 g/mol. The highest BCUT2D eigenvalue weighted by Gasteiger charge is 2.07. The summed E-state index contributed by atoms with van der Waals surface area (Å²) in [4.78, 5) is 11.8. The summed E-state index contributed by atoms with van der Waals surface area (Å²) in [5, 5.41) is 7.36. The van der Waals surface area contributed by atoms with Crippen molar-refractivity contribution < 1.29 is 4.79 Å². The standard InChI is InChI=1S/C15H13Cl3N2O/c16-10-4-1-2-7-13(10)20-14(21)8-9-19-15-11(17)5-3-6-12(15)18/h1-7,19H,8-9H2,(H,20,21). The quantitative estimate of drug-likeness (QED) is 0.794. The molecule has 2 N–H and O–H groups in total. The first-order valence-corrected chi connectivity index (χ1v) is 7.43. The Morgan fingerprint density at radius 1 is 0.905 bits per heavy atom. The van der Waals surface area contributed by atoms with Crippen LogP contribution in [0.2, 0.25) is 15.1 Å². The van der Waals surface area contributed by atoms with Gasteiger partial charge in [-0.15, -0.1) is 0 Å². The van der Waals surface area contributed by atoms with Crippen LogP contribution in [0.1, 0.15) is 6.42 Å². The van der Waals surface area contributed by atoms with Gasteiger partial charge < -0.3 is 10.6 Å². The average molecular weight is 344 g/mol. The van der Waals surface area contributed by atoms with Gasteiger partial charge in [-0.2, -0.15) is 0 Å². The molecule has 0 aliphatic heterocycles. The zero-order valence-corrected chi connectivity index (χ0v) is 13.3. The summed E-state index contributed by atoms with van der Waals surface area (Å²) >= 11 is 18.0. The van der Waals surface area contributed by atoms with Gasteiger partial charge in [0, 0.05) is 13.0 Å². The molecule has 0 fully saturated rings. The van der Waals surface area contributed by atoms with Crippen LogP contribution in [0.15, 0.2) is 42.5 Å². The Morgan fingerprint density at radius 3 is 2.19 bits per heavy atom. The fourth-order valence-corrected chi connectivity index (χ4v) is 2.46. The smallest absolute Gasteiger partial charge is 0.226 e. The van der Waals surface area contributed by atoms with Crippen LogP contribution in [0, 0.1) is 0 Å². The molecule has 3 nitrogen and oxygen atoms in total. The highest BCUT2D eigenvalue weighted by atomic mass is 35.5. The third-order valence-electron chi connectivity index (χ3n) is 2.76. The summed E-state index contributed by atoms with van der Waals surface area (Å²) in [5.74, 6) is -0.140. The lowest BCUT2D eigenvalue weighted by Crippen LogP contribution is -2.16. The summed E-state index contributed by atoms with van der Waals surface area (Å²) in [5.41, 5.74) is 1.23. The van der Waals surface area contributed by atoms with Gasteiger partial charge in [-0.3, -0.25) is 4.79 Å². The normalized spacial score (nSPS) is 10.2. The molecule has 0 bridgehead atoms. The van der Waals surface area contributed by atoms with Gasteiger partial charge in [-0.05, 0) is 24.3 Å². The van der Waals surface area contributed by atoms with Crippen molar-refractivity contribution in [3.05, 3.63) is 57.5 Å². The first kappa shape index (κ1) is 16.0. The number of hydrogen-bond acceptors (Lipinski definition) is 2. The van der Waals surface area contributed by atoms with Crippen LogP contribution in [0.3, 0.4) is 0 Å². The Kier molecular flexibility index (Phi) is 5.74. The highest BCUT2D eigenvalue weighted by molar-refractivity contribution is 6.39. The minimum atomic E-state index is -0.140. The predicted octanol–water partition coefficient (Wildman–Crippen LogP) is 5.09. The first-order valence-electron chi connectivity index (χ1n) is 6.30. The van der Waals surface area contributed by atoms with Gasteiger partial charge in [0.25, 0.3) is 0 Å². The van der Waals surface area contributed by atoms with E-state index in [0.29, 0.717) is 33.0 Å². The van der Waals surface area contributed by atoms with E-state index in [1.807, 2.05) is 6.07 Å². The van der Waals surface area contributed by atoms with E-state index in [-0.39, 0.29) is 12.3 Å². The van der Waals surface area contributed by atoms with Crippen LogP contribution >= 0.6 is 34.8 Å². The van der Waals surface area contributed by atoms with Gasteiger partial charge in [0.2, 0.25) is 5.91 Å². The van der Waals surface area contributed by atoms with Crippen LogP contribution in [0.4, 0.5) is 11.4 Å². The van der Waals surface area contributed by atoms with E-state index in [1.165, 1.54) is 0 Å². The zero-order valence-electron chi connectivity index (χ0n) is 11.0. The Balaban J connectivity index is 1.86. The molecule has 21 heavy (non-hydrogen) atoms. The molecule has 0 aliphatic carbocycles. The molecule has 1 amide bonds. The molecule has 0 aromatic heterocycles. The topological polar surface area (TPSA) is 41.1 Å². The summed E-state index contributed by atoms with van der Waals surface area (Å²) in [6.45, 7) is 0.416. The molecule has 0 atom stereocenters. The maximum atomic E-state index is 11.8. The molecule has 0 heterocycles. The maximum Gasteiger partial charge on any atom is 0.226 e. The first-order chi connectivity index (χ1) is 10.1. The number of carbonyl (C=O) groups excluding carboxylic acids is 1. The summed E-state index contributed by atoms with van der Waals surface area (Å²) in [6, 6.07) is 12.3. The van der Waals surface area contributed by atoms with Crippen molar-refractivity contribution in [2.45, 2.75) is 6.42 Å². The van der Waals surface area contributed by atoms with Crippen molar-refractivity contribution in [1.82, 2.24) is 0 Å².